The maximum Gasteiger partial charge on any atom is 0.246 e. The molecule has 0 atom stereocenters. The van der Waals surface area contributed by atoms with Crippen molar-refractivity contribution >= 4 is 23.6 Å². The van der Waals surface area contributed by atoms with Crippen LogP contribution in [-0.4, -0.2) is 43.0 Å². The number of nitrogens with zero attached hydrogens (tertiary/aromatic N) is 1. The minimum absolute atomic E-state index is 0.00770. The van der Waals surface area contributed by atoms with Gasteiger partial charge in [-0.25, -0.2) is 0 Å². The van der Waals surface area contributed by atoms with E-state index in [4.69, 9.17) is 4.74 Å². The van der Waals surface area contributed by atoms with Crippen LogP contribution in [-0.2, 0) is 14.3 Å². The number of anilines is 1. The second kappa shape index (κ2) is 10.6. The van der Waals surface area contributed by atoms with Crippen molar-refractivity contribution in [2.24, 2.45) is 0 Å². The van der Waals surface area contributed by atoms with Gasteiger partial charge in [-0.05, 0) is 36.6 Å². The van der Waals surface area contributed by atoms with Crippen molar-refractivity contribution in [2.75, 3.05) is 25.6 Å². The average Bonchev–Trinajstić information content (AvgIpc) is 2.57. The lowest BCUT2D eigenvalue weighted by molar-refractivity contribution is -0.129. The number of amides is 2. The SMILES string of the molecule is CCC(CC)N(CCOC)C(=O)C=Cc1ccc(NC(C)=O)cc1. The highest BCUT2D eigenvalue weighted by molar-refractivity contribution is 5.92. The van der Waals surface area contributed by atoms with Gasteiger partial charge in [-0.2, -0.15) is 0 Å². The highest BCUT2D eigenvalue weighted by atomic mass is 16.5. The van der Waals surface area contributed by atoms with Crippen molar-refractivity contribution in [3.05, 3.63) is 35.9 Å². The molecule has 0 heterocycles. The molecule has 132 valence electrons. The molecular weight excluding hydrogens is 304 g/mol. The first kappa shape index (κ1) is 19.9. The number of benzene rings is 1. The standard InChI is InChI=1S/C19H28N2O3/c1-5-18(6-2)21(13-14-24-4)19(23)12-9-16-7-10-17(11-8-16)20-15(3)22/h7-12,18H,5-6,13-14H2,1-4H3,(H,20,22). The zero-order valence-corrected chi connectivity index (χ0v) is 15.0. The molecule has 5 heteroatoms. The molecule has 0 spiro atoms. The van der Waals surface area contributed by atoms with Crippen molar-refractivity contribution in [1.82, 2.24) is 4.90 Å². The van der Waals surface area contributed by atoms with E-state index in [-0.39, 0.29) is 17.9 Å². The molecule has 1 aromatic rings. The van der Waals surface area contributed by atoms with Crippen LogP contribution in [0.4, 0.5) is 5.69 Å². The van der Waals surface area contributed by atoms with Crippen molar-refractivity contribution in [2.45, 2.75) is 39.7 Å². The van der Waals surface area contributed by atoms with E-state index in [1.807, 2.05) is 29.2 Å². The number of rotatable bonds is 9. The molecule has 24 heavy (non-hydrogen) atoms. The Bertz CT molecular complexity index is 548. The lowest BCUT2D eigenvalue weighted by Gasteiger charge is -2.29. The first-order valence-corrected chi connectivity index (χ1v) is 8.37. The highest BCUT2D eigenvalue weighted by Crippen LogP contribution is 2.13. The minimum Gasteiger partial charge on any atom is -0.383 e. The van der Waals surface area contributed by atoms with Crippen LogP contribution in [0.15, 0.2) is 30.3 Å². The van der Waals surface area contributed by atoms with E-state index >= 15 is 0 Å². The third kappa shape index (κ3) is 6.54. The van der Waals surface area contributed by atoms with E-state index in [1.165, 1.54) is 6.92 Å². The fourth-order valence-electron chi connectivity index (χ4n) is 2.54. The van der Waals surface area contributed by atoms with Crippen molar-refractivity contribution < 1.29 is 14.3 Å². The monoisotopic (exact) mass is 332 g/mol. The van der Waals surface area contributed by atoms with Gasteiger partial charge < -0.3 is 15.0 Å². The van der Waals surface area contributed by atoms with Gasteiger partial charge in [-0.15, -0.1) is 0 Å². The van der Waals surface area contributed by atoms with E-state index in [0.29, 0.717) is 13.2 Å². The summed E-state index contributed by atoms with van der Waals surface area (Å²) in [6, 6.07) is 7.58. The summed E-state index contributed by atoms with van der Waals surface area (Å²) in [7, 11) is 1.64. The summed E-state index contributed by atoms with van der Waals surface area (Å²) < 4.78 is 5.12. The summed E-state index contributed by atoms with van der Waals surface area (Å²) in [6.45, 7) is 6.77. The highest BCUT2D eigenvalue weighted by Gasteiger charge is 2.18. The van der Waals surface area contributed by atoms with Crippen molar-refractivity contribution in [3.8, 4) is 0 Å². The molecule has 2 amide bonds. The van der Waals surface area contributed by atoms with E-state index < -0.39 is 0 Å². The van der Waals surface area contributed by atoms with Crippen molar-refractivity contribution in [3.63, 3.8) is 0 Å². The third-order valence-corrected chi connectivity index (χ3v) is 3.85. The molecule has 1 aromatic carbocycles. The molecule has 0 aliphatic carbocycles. The Morgan fingerprint density at radius 1 is 1.21 bits per heavy atom. The summed E-state index contributed by atoms with van der Waals surface area (Å²) in [5, 5.41) is 2.72. The van der Waals surface area contributed by atoms with Gasteiger partial charge in [-0.3, -0.25) is 9.59 Å². The van der Waals surface area contributed by atoms with Crippen LogP contribution in [0.3, 0.4) is 0 Å². The van der Waals surface area contributed by atoms with Gasteiger partial charge in [0, 0.05) is 38.4 Å². The molecular formula is C19H28N2O3. The van der Waals surface area contributed by atoms with Crippen LogP contribution < -0.4 is 5.32 Å². The summed E-state index contributed by atoms with van der Waals surface area (Å²) in [5.41, 5.74) is 1.65. The normalized spacial score (nSPS) is 11.0. The van der Waals surface area contributed by atoms with Crippen LogP contribution in [0.5, 0.6) is 0 Å². The number of carbonyl (C=O) groups excluding carboxylic acids is 2. The molecule has 0 aliphatic heterocycles. The molecule has 0 fully saturated rings. The molecule has 5 nitrogen and oxygen atoms in total. The van der Waals surface area contributed by atoms with Crippen LogP contribution in [0, 0.1) is 0 Å². The number of carbonyl (C=O) groups is 2. The Labute approximate surface area is 144 Å². The van der Waals surface area contributed by atoms with Crippen LogP contribution >= 0.6 is 0 Å². The van der Waals surface area contributed by atoms with Gasteiger partial charge in [0.15, 0.2) is 0 Å². The average molecular weight is 332 g/mol. The number of nitrogens with one attached hydrogen (secondary N) is 1. The molecule has 0 aliphatic rings. The topological polar surface area (TPSA) is 58.6 Å². The van der Waals surface area contributed by atoms with Crippen LogP contribution in [0.25, 0.3) is 6.08 Å². The fraction of sp³-hybridized carbons (Fsp3) is 0.474. The van der Waals surface area contributed by atoms with E-state index in [9.17, 15) is 9.59 Å². The van der Waals surface area contributed by atoms with Crippen molar-refractivity contribution in [1.29, 1.82) is 0 Å². The fourth-order valence-corrected chi connectivity index (χ4v) is 2.54. The summed E-state index contributed by atoms with van der Waals surface area (Å²) in [5.74, 6) is -0.112. The van der Waals surface area contributed by atoms with Crippen LogP contribution in [0.1, 0.15) is 39.2 Å². The molecule has 0 aromatic heterocycles. The Balaban J connectivity index is 2.77. The molecule has 1 N–H and O–H groups in total. The first-order chi connectivity index (χ1) is 11.5. The predicted octanol–water partition coefficient (Wildman–Crippen LogP) is 3.32. The van der Waals surface area contributed by atoms with Gasteiger partial charge in [0.1, 0.15) is 0 Å². The molecule has 0 radical (unpaired) electrons. The Kier molecular flexibility index (Phi) is 8.79. The molecule has 0 unspecified atom stereocenters. The number of hydrogen-bond acceptors (Lipinski definition) is 3. The Morgan fingerprint density at radius 2 is 1.83 bits per heavy atom. The number of ether oxygens (including phenoxy) is 1. The van der Waals surface area contributed by atoms with Gasteiger partial charge in [0.2, 0.25) is 11.8 Å². The maximum absolute atomic E-state index is 12.5. The van der Waals surface area contributed by atoms with E-state index in [0.717, 1.165) is 24.1 Å². The van der Waals surface area contributed by atoms with Gasteiger partial charge in [0.25, 0.3) is 0 Å². The first-order valence-electron chi connectivity index (χ1n) is 8.37. The van der Waals surface area contributed by atoms with Crippen LogP contribution in [0.2, 0.25) is 0 Å². The lowest BCUT2D eigenvalue weighted by atomic mass is 10.1. The zero-order valence-electron chi connectivity index (χ0n) is 15.0. The smallest absolute Gasteiger partial charge is 0.246 e. The maximum atomic E-state index is 12.5. The third-order valence-electron chi connectivity index (χ3n) is 3.85. The van der Waals surface area contributed by atoms with Gasteiger partial charge in [-0.1, -0.05) is 26.0 Å². The lowest BCUT2D eigenvalue weighted by Crippen LogP contribution is -2.40. The summed E-state index contributed by atoms with van der Waals surface area (Å²) in [4.78, 5) is 25.4. The molecule has 0 saturated carbocycles. The molecule has 1 rings (SSSR count). The molecule has 0 saturated heterocycles. The quantitative estimate of drug-likeness (QED) is 0.706. The van der Waals surface area contributed by atoms with E-state index in [1.54, 1.807) is 19.3 Å². The minimum atomic E-state index is -0.104. The predicted molar refractivity (Wildman–Crippen MR) is 97.7 cm³/mol. The largest absolute Gasteiger partial charge is 0.383 e. The summed E-state index contributed by atoms with van der Waals surface area (Å²) in [6.07, 6.45) is 5.24. The zero-order chi connectivity index (χ0) is 17.9. The second-order valence-corrected chi connectivity index (χ2v) is 5.63. The van der Waals surface area contributed by atoms with Gasteiger partial charge >= 0.3 is 0 Å². The molecule has 0 bridgehead atoms. The Hall–Kier alpha value is -2.14. The Morgan fingerprint density at radius 3 is 2.33 bits per heavy atom. The van der Waals surface area contributed by atoms with Gasteiger partial charge in [0.05, 0.1) is 6.61 Å². The second-order valence-electron chi connectivity index (χ2n) is 5.63. The number of methoxy groups -OCH3 is 1. The number of hydrogen-bond donors (Lipinski definition) is 1. The summed E-state index contributed by atoms with van der Waals surface area (Å²) >= 11 is 0. The van der Waals surface area contributed by atoms with E-state index in [2.05, 4.69) is 19.2 Å².